The van der Waals surface area contributed by atoms with Gasteiger partial charge in [0, 0.05) is 17.7 Å². The molecule has 38 heavy (non-hydrogen) atoms. The van der Waals surface area contributed by atoms with Crippen LogP contribution in [0.25, 0.3) is 0 Å². The molecule has 1 aliphatic carbocycles. The molecule has 1 aromatic heterocycles. The minimum absolute atomic E-state index is 0.0123. The lowest BCUT2D eigenvalue weighted by atomic mass is 9.66. The molecule has 9 heteroatoms. The maximum Gasteiger partial charge on any atom is 0.269 e. The normalized spacial score (nSPS) is 20.8. The smallest absolute Gasteiger partial charge is 0.269 e. The average molecular weight is 562 g/mol. The number of ketones is 1. The zero-order valence-corrected chi connectivity index (χ0v) is 22.3. The Hall–Kier alpha value is -3.52. The van der Waals surface area contributed by atoms with Crippen LogP contribution in [0, 0.1) is 15.5 Å². The summed E-state index contributed by atoms with van der Waals surface area (Å²) in [5.74, 6) is 0.0123. The number of carbonyl (C=O) groups excluding carboxylic acids is 1. The number of hydrazone groups is 1. The van der Waals surface area contributed by atoms with Gasteiger partial charge in [-0.2, -0.15) is 5.10 Å². The summed E-state index contributed by atoms with van der Waals surface area (Å²) in [6.45, 7) is 0. The first-order valence-corrected chi connectivity index (χ1v) is 13.8. The minimum Gasteiger partial charge on any atom is -0.293 e. The van der Waals surface area contributed by atoms with Crippen molar-refractivity contribution in [3.8, 4) is 0 Å². The number of nitro groups is 1. The van der Waals surface area contributed by atoms with Crippen molar-refractivity contribution in [2.75, 3.05) is 5.01 Å². The van der Waals surface area contributed by atoms with Crippen LogP contribution in [0.2, 0.25) is 10.0 Å². The number of hydrogen-bond acceptors (Lipinski definition) is 6. The molecule has 3 aromatic carbocycles. The van der Waals surface area contributed by atoms with Gasteiger partial charge in [-0.15, -0.1) is 11.3 Å². The molecule has 0 N–H and O–H groups in total. The fourth-order valence-electron chi connectivity index (χ4n) is 5.68. The van der Waals surface area contributed by atoms with Crippen LogP contribution >= 0.6 is 34.5 Å². The van der Waals surface area contributed by atoms with Crippen LogP contribution in [0.4, 0.5) is 11.4 Å². The number of carbonyl (C=O) groups is 1. The summed E-state index contributed by atoms with van der Waals surface area (Å²) in [5.41, 5.74) is 2.82. The summed E-state index contributed by atoms with van der Waals surface area (Å²) in [4.78, 5) is 26.6. The lowest BCUT2D eigenvalue weighted by Crippen LogP contribution is -2.44. The second-order valence-electron chi connectivity index (χ2n) is 9.43. The molecule has 1 spiro atoms. The highest BCUT2D eigenvalue weighted by Crippen LogP contribution is 2.55. The largest absolute Gasteiger partial charge is 0.293 e. The van der Waals surface area contributed by atoms with Crippen molar-refractivity contribution < 1.29 is 9.72 Å². The van der Waals surface area contributed by atoms with Crippen LogP contribution in [0.15, 0.2) is 89.3 Å². The molecule has 4 aromatic rings. The standard InChI is InChI=1S/C29H21Cl2N3O3S/c30-23-14-9-19(17-24(23)31)27-29(15-3-6-18-5-1-2-7-22(18)28(29)35)26(25-8-4-16-38-25)32-33(27)20-10-12-21(13-11-20)34(36)37/h1-2,4-5,7-14,16-17,27H,3,6,15H2. The third-order valence-corrected chi connectivity index (χ3v) is 8.98. The van der Waals surface area contributed by atoms with Gasteiger partial charge in [-0.05, 0) is 66.1 Å². The summed E-state index contributed by atoms with van der Waals surface area (Å²) < 4.78 is 0. The lowest BCUT2D eigenvalue weighted by Gasteiger charge is -2.37. The third-order valence-electron chi connectivity index (χ3n) is 7.37. The molecule has 6 rings (SSSR count). The Kier molecular flexibility index (Phi) is 6.30. The minimum atomic E-state index is -1.02. The molecule has 190 valence electrons. The molecule has 2 unspecified atom stereocenters. The van der Waals surface area contributed by atoms with Gasteiger partial charge in [-0.25, -0.2) is 0 Å². The summed E-state index contributed by atoms with van der Waals surface area (Å²) in [6.07, 6.45) is 2.15. The van der Waals surface area contributed by atoms with Gasteiger partial charge in [0.05, 0.1) is 37.3 Å². The fourth-order valence-corrected chi connectivity index (χ4v) is 6.78. The highest BCUT2D eigenvalue weighted by atomic mass is 35.5. The number of non-ortho nitro benzene ring substituents is 1. The molecule has 0 saturated heterocycles. The van der Waals surface area contributed by atoms with Crippen molar-refractivity contribution in [3.63, 3.8) is 0 Å². The summed E-state index contributed by atoms with van der Waals surface area (Å²) in [5, 5.41) is 21.1. The SMILES string of the molecule is O=C1c2ccccc2CCCC12C(c1cccs1)=NN(c1ccc([N+](=O)[O-])cc1)C2c1ccc(Cl)c(Cl)c1. The maximum atomic E-state index is 14.8. The van der Waals surface area contributed by atoms with Crippen molar-refractivity contribution in [3.05, 3.63) is 126 Å². The van der Waals surface area contributed by atoms with E-state index in [0.29, 0.717) is 33.4 Å². The number of Topliss-reactive ketones (excluding diaryl/α,β-unsaturated/α-hetero) is 1. The van der Waals surface area contributed by atoms with Crippen molar-refractivity contribution in [1.82, 2.24) is 0 Å². The molecule has 6 nitrogen and oxygen atoms in total. The van der Waals surface area contributed by atoms with Crippen molar-refractivity contribution >= 4 is 57.4 Å². The van der Waals surface area contributed by atoms with Crippen LogP contribution < -0.4 is 5.01 Å². The summed E-state index contributed by atoms with van der Waals surface area (Å²) in [6, 6.07) is 22.8. The number of anilines is 1. The number of thiophene rings is 1. The molecule has 2 aliphatic rings. The molecule has 1 aliphatic heterocycles. The van der Waals surface area contributed by atoms with Gasteiger partial charge in [0.1, 0.15) is 5.41 Å². The molecular formula is C29H21Cl2N3O3S. The predicted octanol–water partition coefficient (Wildman–Crippen LogP) is 8.13. The second kappa shape index (κ2) is 9.66. The first kappa shape index (κ1) is 24.8. The van der Waals surface area contributed by atoms with E-state index >= 15 is 0 Å². The van der Waals surface area contributed by atoms with E-state index in [0.717, 1.165) is 28.8 Å². The van der Waals surface area contributed by atoms with Crippen LogP contribution in [-0.2, 0) is 6.42 Å². The van der Waals surface area contributed by atoms with Crippen LogP contribution in [0.3, 0.4) is 0 Å². The van der Waals surface area contributed by atoms with Gasteiger partial charge in [0.2, 0.25) is 0 Å². The maximum absolute atomic E-state index is 14.8. The van der Waals surface area contributed by atoms with E-state index < -0.39 is 16.4 Å². The molecule has 0 bridgehead atoms. The van der Waals surface area contributed by atoms with Gasteiger partial charge < -0.3 is 0 Å². The van der Waals surface area contributed by atoms with Crippen LogP contribution in [0.1, 0.15) is 45.2 Å². The Labute approximate surface area is 233 Å². The van der Waals surface area contributed by atoms with Gasteiger partial charge in [0.25, 0.3) is 5.69 Å². The molecule has 0 saturated carbocycles. The molecular weight excluding hydrogens is 541 g/mol. The number of fused-ring (bicyclic) bond motifs is 1. The zero-order chi connectivity index (χ0) is 26.4. The van der Waals surface area contributed by atoms with Crippen LogP contribution in [-0.4, -0.2) is 16.4 Å². The molecule has 2 heterocycles. The second-order valence-corrected chi connectivity index (χ2v) is 11.2. The van der Waals surface area contributed by atoms with E-state index in [1.165, 1.54) is 23.5 Å². The number of hydrogen-bond donors (Lipinski definition) is 0. The fraction of sp³-hybridized carbons (Fsp3) is 0.172. The number of aryl methyl sites for hydroxylation is 1. The van der Waals surface area contributed by atoms with Gasteiger partial charge in [-0.3, -0.25) is 19.9 Å². The topological polar surface area (TPSA) is 75.8 Å². The lowest BCUT2D eigenvalue weighted by molar-refractivity contribution is -0.384. The predicted molar refractivity (Wildman–Crippen MR) is 152 cm³/mol. The van der Waals surface area contributed by atoms with Gasteiger partial charge in [0.15, 0.2) is 5.78 Å². The van der Waals surface area contributed by atoms with Crippen molar-refractivity contribution in [1.29, 1.82) is 0 Å². The number of benzene rings is 3. The van der Waals surface area contributed by atoms with Gasteiger partial charge in [-0.1, -0.05) is 59.6 Å². The first-order chi connectivity index (χ1) is 18.4. The van der Waals surface area contributed by atoms with E-state index in [2.05, 4.69) is 0 Å². The van der Waals surface area contributed by atoms with E-state index in [1.54, 1.807) is 24.3 Å². The van der Waals surface area contributed by atoms with E-state index in [1.807, 2.05) is 52.9 Å². The number of rotatable bonds is 4. The molecule has 0 radical (unpaired) electrons. The first-order valence-electron chi connectivity index (χ1n) is 12.1. The Bertz CT molecular complexity index is 1590. The highest BCUT2D eigenvalue weighted by molar-refractivity contribution is 7.12. The van der Waals surface area contributed by atoms with E-state index in [4.69, 9.17) is 28.3 Å². The zero-order valence-electron chi connectivity index (χ0n) is 20.0. The number of halogens is 2. The number of nitro benzene ring substituents is 1. The molecule has 2 atom stereocenters. The summed E-state index contributed by atoms with van der Waals surface area (Å²) in [7, 11) is 0. The van der Waals surface area contributed by atoms with Crippen LogP contribution in [0.5, 0.6) is 0 Å². The van der Waals surface area contributed by atoms with E-state index in [-0.39, 0.29) is 11.5 Å². The Morgan fingerprint density at radius 3 is 2.50 bits per heavy atom. The number of nitrogens with zero attached hydrogens (tertiary/aromatic N) is 3. The third kappa shape index (κ3) is 3.93. The highest BCUT2D eigenvalue weighted by Gasteiger charge is 2.58. The van der Waals surface area contributed by atoms with Crippen molar-refractivity contribution in [2.24, 2.45) is 10.5 Å². The monoisotopic (exact) mass is 561 g/mol. The molecule has 0 fully saturated rings. The Balaban J connectivity index is 1.63. The summed E-state index contributed by atoms with van der Waals surface area (Å²) >= 11 is 14.3. The van der Waals surface area contributed by atoms with Gasteiger partial charge >= 0.3 is 0 Å². The van der Waals surface area contributed by atoms with E-state index in [9.17, 15) is 14.9 Å². The quantitative estimate of drug-likeness (QED) is 0.186. The Morgan fingerprint density at radius 1 is 1.00 bits per heavy atom. The Morgan fingerprint density at radius 2 is 1.79 bits per heavy atom. The average Bonchev–Trinajstić information content (AvgIpc) is 3.54. The van der Waals surface area contributed by atoms with Crippen molar-refractivity contribution in [2.45, 2.75) is 25.3 Å². The molecule has 0 amide bonds.